The van der Waals surface area contributed by atoms with E-state index in [1.165, 1.54) is 22.9 Å². The van der Waals surface area contributed by atoms with Crippen molar-refractivity contribution in [1.82, 2.24) is 15.3 Å². The Bertz CT molecular complexity index is 1010. The molecule has 0 radical (unpaired) electrons. The number of H-pyrrole nitrogens is 1. The zero-order chi connectivity index (χ0) is 21.6. The molecule has 1 saturated heterocycles. The number of amides is 1. The van der Waals surface area contributed by atoms with Gasteiger partial charge in [-0.2, -0.15) is 0 Å². The Kier molecular flexibility index (Phi) is 7.10. The third-order valence-electron chi connectivity index (χ3n) is 5.54. The van der Waals surface area contributed by atoms with Crippen LogP contribution in [0, 0.1) is 6.92 Å². The molecular formula is C25H29N3O2S. The van der Waals surface area contributed by atoms with Crippen LogP contribution >= 0.6 is 11.8 Å². The molecule has 1 aliphatic rings. The van der Waals surface area contributed by atoms with E-state index in [4.69, 9.17) is 9.72 Å². The third kappa shape index (κ3) is 5.57. The fourth-order valence-electron chi connectivity index (χ4n) is 3.63. The minimum Gasteiger partial charge on any atom is -0.376 e. The van der Waals surface area contributed by atoms with Gasteiger partial charge >= 0.3 is 0 Å². The number of ether oxygens (including phenoxy) is 1. The topological polar surface area (TPSA) is 67.0 Å². The Morgan fingerprint density at radius 2 is 1.90 bits per heavy atom. The number of carbonyl (C=O) groups excluding carboxylic acids is 1. The van der Waals surface area contributed by atoms with Crippen molar-refractivity contribution in [1.29, 1.82) is 0 Å². The molecular weight excluding hydrogens is 406 g/mol. The average molecular weight is 436 g/mol. The van der Waals surface area contributed by atoms with Crippen molar-refractivity contribution in [3.8, 4) is 22.6 Å². The van der Waals surface area contributed by atoms with Crippen LogP contribution in [0.1, 0.15) is 30.9 Å². The number of rotatable bonds is 8. The van der Waals surface area contributed by atoms with Crippen LogP contribution < -0.4 is 5.32 Å². The summed E-state index contributed by atoms with van der Waals surface area (Å²) in [4.78, 5) is 20.7. The zero-order valence-electron chi connectivity index (χ0n) is 18.1. The van der Waals surface area contributed by atoms with Gasteiger partial charge in [0, 0.05) is 24.3 Å². The molecule has 4 rings (SSSR count). The quantitative estimate of drug-likeness (QED) is 0.489. The molecule has 162 valence electrons. The first-order chi connectivity index (χ1) is 15.1. The lowest BCUT2D eigenvalue weighted by molar-refractivity contribution is -0.119. The molecule has 1 aromatic heterocycles. The molecule has 3 aromatic rings. The first kappa shape index (κ1) is 21.7. The molecule has 1 fully saturated rings. The van der Waals surface area contributed by atoms with Gasteiger partial charge in [-0.3, -0.25) is 4.79 Å². The second-order valence-electron chi connectivity index (χ2n) is 7.91. The summed E-state index contributed by atoms with van der Waals surface area (Å²) in [6.45, 7) is 5.60. The highest BCUT2D eigenvalue weighted by atomic mass is 32.2. The van der Waals surface area contributed by atoms with Gasteiger partial charge in [0.25, 0.3) is 0 Å². The standard InChI is InChI=1S/C25H29N3O2S/c1-3-18-8-12-20(13-9-18)24-27-23(19-10-6-17(2)7-11-19)25(28-24)31-16-22(29)26-15-21-5-4-14-30-21/h6-13,21H,3-5,14-16H2,1-2H3,(H,26,29)(H,27,28)/t21-/m1/s1. The molecule has 0 bridgehead atoms. The largest absolute Gasteiger partial charge is 0.376 e. The number of carbonyl (C=O) groups is 1. The molecule has 0 saturated carbocycles. The van der Waals surface area contributed by atoms with Crippen molar-refractivity contribution in [3.05, 3.63) is 59.7 Å². The van der Waals surface area contributed by atoms with Gasteiger partial charge in [0.15, 0.2) is 0 Å². The first-order valence-electron chi connectivity index (χ1n) is 10.9. The van der Waals surface area contributed by atoms with Crippen molar-refractivity contribution in [3.63, 3.8) is 0 Å². The van der Waals surface area contributed by atoms with E-state index in [9.17, 15) is 4.79 Å². The van der Waals surface area contributed by atoms with Crippen molar-refractivity contribution in [2.24, 2.45) is 0 Å². The number of imidazole rings is 1. The Labute approximate surface area is 188 Å². The van der Waals surface area contributed by atoms with Crippen LogP contribution in [-0.4, -0.2) is 40.9 Å². The molecule has 1 amide bonds. The summed E-state index contributed by atoms with van der Waals surface area (Å²) in [5, 5.41) is 3.83. The van der Waals surface area contributed by atoms with Gasteiger partial charge in [0.05, 0.1) is 17.6 Å². The van der Waals surface area contributed by atoms with E-state index in [0.29, 0.717) is 12.3 Å². The second-order valence-corrected chi connectivity index (χ2v) is 8.87. The molecule has 2 heterocycles. The molecule has 5 nitrogen and oxygen atoms in total. The van der Waals surface area contributed by atoms with Crippen LogP contribution in [0.2, 0.25) is 0 Å². The number of nitrogens with one attached hydrogen (secondary N) is 2. The third-order valence-corrected chi connectivity index (χ3v) is 6.51. The van der Waals surface area contributed by atoms with Crippen LogP contribution in [0.25, 0.3) is 22.6 Å². The maximum atomic E-state index is 12.4. The number of nitrogens with zero attached hydrogens (tertiary/aromatic N) is 1. The lowest BCUT2D eigenvalue weighted by Gasteiger charge is -2.10. The highest BCUT2D eigenvalue weighted by Crippen LogP contribution is 2.32. The Morgan fingerprint density at radius 3 is 2.58 bits per heavy atom. The van der Waals surface area contributed by atoms with E-state index in [1.807, 2.05) is 0 Å². The number of thioether (sulfide) groups is 1. The lowest BCUT2D eigenvalue weighted by atomic mass is 10.1. The van der Waals surface area contributed by atoms with Crippen molar-refractivity contribution in [2.45, 2.75) is 44.2 Å². The molecule has 1 atom stereocenters. The van der Waals surface area contributed by atoms with E-state index < -0.39 is 0 Å². The monoisotopic (exact) mass is 435 g/mol. The van der Waals surface area contributed by atoms with Gasteiger partial charge < -0.3 is 15.0 Å². The number of hydrogen-bond acceptors (Lipinski definition) is 4. The van der Waals surface area contributed by atoms with Gasteiger partial charge in [-0.1, -0.05) is 72.8 Å². The van der Waals surface area contributed by atoms with E-state index in [0.717, 1.165) is 53.5 Å². The SMILES string of the molecule is CCc1ccc(-c2nc(SCC(=O)NC[C@H]3CCCO3)c(-c3ccc(C)cc3)[nH]2)cc1. The predicted octanol–water partition coefficient (Wildman–Crippen LogP) is 5.00. The molecule has 2 aromatic carbocycles. The minimum absolute atomic E-state index is 0.00667. The van der Waals surface area contributed by atoms with Crippen molar-refractivity contribution >= 4 is 17.7 Å². The van der Waals surface area contributed by atoms with E-state index in [2.05, 4.69) is 72.7 Å². The number of benzene rings is 2. The summed E-state index contributed by atoms with van der Waals surface area (Å²) in [5.74, 6) is 1.15. The fourth-order valence-corrected chi connectivity index (χ4v) is 4.47. The number of aryl methyl sites for hydroxylation is 2. The Morgan fingerprint density at radius 1 is 1.16 bits per heavy atom. The van der Waals surface area contributed by atoms with Crippen LogP contribution in [0.5, 0.6) is 0 Å². The van der Waals surface area contributed by atoms with E-state index in [-0.39, 0.29) is 12.0 Å². The first-order valence-corrected chi connectivity index (χ1v) is 11.9. The molecule has 0 spiro atoms. The molecule has 31 heavy (non-hydrogen) atoms. The maximum absolute atomic E-state index is 12.4. The number of aromatic amines is 1. The molecule has 1 aliphatic heterocycles. The fraction of sp³-hybridized carbons (Fsp3) is 0.360. The molecule has 0 unspecified atom stereocenters. The van der Waals surface area contributed by atoms with Crippen molar-refractivity contribution in [2.75, 3.05) is 18.9 Å². The van der Waals surface area contributed by atoms with E-state index in [1.54, 1.807) is 0 Å². The second kappa shape index (κ2) is 10.2. The van der Waals surface area contributed by atoms with Gasteiger partial charge in [-0.05, 0) is 31.7 Å². The number of hydrogen-bond donors (Lipinski definition) is 2. The summed E-state index contributed by atoms with van der Waals surface area (Å²) in [6.07, 6.45) is 3.25. The predicted molar refractivity (Wildman–Crippen MR) is 126 cm³/mol. The highest BCUT2D eigenvalue weighted by Gasteiger charge is 2.18. The number of aromatic nitrogens is 2. The lowest BCUT2D eigenvalue weighted by Crippen LogP contribution is -2.32. The Balaban J connectivity index is 1.51. The zero-order valence-corrected chi connectivity index (χ0v) is 18.9. The highest BCUT2D eigenvalue weighted by molar-refractivity contribution is 8.00. The summed E-state index contributed by atoms with van der Waals surface area (Å²) >= 11 is 1.46. The van der Waals surface area contributed by atoms with Crippen LogP contribution in [0.15, 0.2) is 53.6 Å². The minimum atomic E-state index is 0.00667. The summed E-state index contributed by atoms with van der Waals surface area (Å²) in [6, 6.07) is 16.8. The smallest absolute Gasteiger partial charge is 0.230 e. The molecule has 6 heteroatoms. The maximum Gasteiger partial charge on any atom is 0.230 e. The normalized spacial score (nSPS) is 15.9. The van der Waals surface area contributed by atoms with Crippen LogP contribution in [-0.2, 0) is 16.0 Å². The summed E-state index contributed by atoms with van der Waals surface area (Å²) in [7, 11) is 0. The molecule has 2 N–H and O–H groups in total. The molecule has 0 aliphatic carbocycles. The average Bonchev–Trinajstić information content (AvgIpc) is 3.47. The van der Waals surface area contributed by atoms with Gasteiger partial charge in [0.2, 0.25) is 5.91 Å². The van der Waals surface area contributed by atoms with Crippen molar-refractivity contribution < 1.29 is 9.53 Å². The summed E-state index contributed by atoms with van der Waals surface area (Å²) < 4.78 is 5.58. The summed E-state index contributed by atoms with van der Waals surface area (Å²) in [5.41, 5.74) is 5.57. The van der Waals surface area contributed by atoms with Gasteiger partial charge in [-0.15, -0.1) is 0 Å². The van der Waals surface area contributed by atoms with Gasteiger partial charge in [-0.25, -0.2) is 4.98 Å². The Hall–Kier alpha value is -2.57. The van der Waals surface area contributed by atoms with Crippen LogP contribution in [0.4, 0.5) is 0 Å². The van der Waals surface area contributed by atoms with E-state index >= 15 is 0 Å². The van der Waals surface area contributed by atoms with Crippen LogP contribution in [0.3, 0.4) is 0 Å². The van der Waals surface area contributed by atoms with Gasteiger partial charge in [0.1, 0.15) is 10.9 Å².